The van der Waals surface area contributed by atoms with E-state index in [1.54, 1.807) is 24.3 Å². The zero-order valence-electron chi connectivity index (χ0n) is 17.0. The SMILES string of the molecule is CC(C)C(NC(=O)c1ccc(N2C(=O)CCC2=O)cc1)c1ccc2c(c1)OCCO2. The van der Waals surface area contributed by atoms with Crippen LogP contribution in [0.15, 0.2) is 42.5 Å². The lowest BCUT2D eigenvalue weighted by Crippen LogP contribution is -2.32. The van der Waals surface area contributed by atoms with Crippen LogP contribution in [-0.4, -0.2) is 30.9 Å². The third kappa shape index (κ3) is 3.87. The van der Waals surface area contributed by atoms with E-state index in [0.717, 1.165) is 5.56 Å². The molecule has 2 aliphatic heterocycles. The third-order valence-corrected chi connectivity index (χ3v) is 5.32. The monoisotopic (exact) mass is 408 g/mol. The molecule has 1 N–H and O–H groups in total. The number of nitrogens with one attached hydrogen (secondary N) is 1. The molecule has 1 fully saturated rings. The van der Waals surface area contributed by atoms with Crippen molar-refractivity contribution in [2.24, 2.45) is 5.92 Å². The van der Waals surface area contributed by atoms with Gasteiger partial charge in [-0.25, -0.2) is 0 Å². The summed E-state index contributed by atoms with van der Waals surface area (Å²) >= 11 is 0. The lowest BCUT2D eigenvalue weighted by molar-refractivity contribution is -0.121. The van der Waals surface area contributed by atoms with Gasteiger partial charge in [-0.05, 0) is 47.9 Å². The lowest BCUT2D eigenvalue weighted by atomic mass is 9.95. The molecule has 0 aromatic heterocycles. The first-order chi connectivity index (χ1) is 14.4. The summed E-state index contributed by atoms with van der Waals surface area (Å²) in [5, 5.41) is 3.08. The number of carbonyl (C=O) groups excluding carboxylic acids is 3. The summed E-state index contributed by atoms with van der Waals surface area (Å²) in [7, 11) is 0. The summed E-state index contributed by atoms with van der Waals surface area (Å²) in [6.45, 7) is 5.11. The zero-order valence-corrected chi connectivity index (χ0v) is 17.0. The van der Waals surface area contributed by atoms with Gasteiger partial charge in [0.15, 0.2) is 11.5 Å². The van der Waals surface area contributed by atoms with E-state index in [4.69, 9.17) is 9.47 Å². The number of benzene rings is 2. The van der Waals surface area contributed by atoms with Crippen LogP contribution < -0.4 is 19.7 Å². The average molecular weight is 408 g/mol. The van der Waals surface area contributed by atoms with Crippen molar-refractivity contribution in [3.63, 3.8) is 0 Å². The second kappa shape index (κ2) is 8.18. The molecule has 0 spiro atoms. The molecule has 0 radical (unpaired) electrons. The molecule has 30 heavy (non-hydrogen) atoms. The molecule has 7 heteroatoms. The number of carbonyl (C=O) groups is 3. The van der Waals surface area contributed by atoms with Crippen molar-refractivity contribution in [1.29, 1.82) is 0 Å². The summed E-state index contributed by atoms with van der Waals surface area (Å²) in [5.74, 6) is 0.888. The first kappa shape index (κ1) is 19.9. The van der Waals surface area contributed by atoms with E-state index in [0.29, 0.717) is 36.0 Å². The van der Waals surface area contributed by atoms with Crippen LogP contribution >= 0.6 is 0 Å². The number of hydrogen-bond donors (Lipinski definition) is 1. The Morgan fingerprint density at radius 1 is 0.933 bits per heavy atom. The van der Waals surface area contributed by atoms with E-state index in [9.17, 15) is 14.4 Å². The second-order valence-corrected chi connectivity index (χ2v) is 7.77. The molecule has 156 valence electrons. The Labute approximate surface area is 175 Å². The van der Waals surface area contributed by atoms with Crippen LogP contribution in [0, 0.1) is 5.92 Å². The summed E-state index contributed by atoms with van der Waals surface area (Å²) in [6, 6.07) is 12.0. The molecular formula is C23H24N2O5. The minimum Gasteiger partial charge on any atom is -0.486 e. The first-order valence-electron chi connectivity index (χ1n) is 10.1. The van der Waals surface area contributed by atoms with Crippen LogP contribution in [0.25, 0.3) is 0 Å². The van der Waals surface area contributed by atoms with Crippen molar-refractivity contribution in [1.82, 2.24) is 5.32 Å². The molecule has 2 aromatic carbocycles. The minimum absolute atomic E-state index is 0.149. The van der Waals surface area contributed by atoms with Gasteiger partial charge in [-0.2, -0.15) is 0 Å². The number of fused-ring (bicyclic) bond motifs is 1. The fourth-order valence-electron chi connectivity index (χ4n) is 3.74. The summed E-state index contributed by atoms with van der Waals surface area (Å²) in [5.41, 5.74) is 1.89. The Bertz CT molecular complexity index is 968. The molecule has 3 amide bonds. The topological polar surface area (TPSA) is 84.9 Å². The molecule has 2 heterocycles. The van der Waals surface area contributed by atoms with Crippen LogP contribution in [0.3, 0.4) is 0 Å². The van der Waals surface area contributed by atoms with Crippen LogP contribution in [0.4, 0.5) is 5.69 Å². The molecule has 0 aliphatic carbocycles. The molecule has 1 unspecified atom stereocenters. The summed E-state index contributed by atoms with van der Waals surface area (Å²) in [6.07, 6.45) is 0.458. The van der Waals surface area contributed by atoms with Gasteiger partial charge in [0.2, 0.25) is 11.8 Å². The van der Waals surface area contributed by atoms with E-state index >= 15 is 0 Å². The van der Waals surface area contributed by atoms with Gasteiger partial charge in [-0.3, -0.25) is 19.3 Å². The number of rotatable bonds is 5. The molecule has 7 nitrogen and oxygen atoms in total. The van der Waals surface area contributed by atoms with E-state index in [1.807, 2.05) is 32.0 Å². The Kier molecular flexibility index (Phi) is 5.44. The molecule has 0 saturated carbocycles. The van der Waals surface area contributed by atoms with Crippen molar-refractivity contribution < 1.29 is 23.9 Å². The predicted molar refractivity (Wildman–Crippen MR) is 111 cm³/mol. The third-order valence-electron chi connectivity index (χ3n) is 5.32. The molecule has 1 atom stereocenters. The van der Waals surface area contributed by atoms with Gasteiger partial charge in [0.25, 0.3) is 5.91 Å². The number of nitrogens with zero attached hydrogens (tertiary/aromatic N) is 1. The average Bonchev–Trinajstić information content (AvgIpc) is 3.09. The van der Waals surface area contributed by atoms with E-state index in [1.165, 1.54) is 4.90 Å². The van der Waals surface area contributed by atoms with Gasteiger partial charge < -0.3 is 14.8 Å². The maximum absolute atomic E-state index is 12.9. The van der Waals surface area contributed by atoms with Crippen molar-refractivity contribution >= 4 is 23.4 Å². The highest BCUT2D eigenvalue weighted by Gasteiger charge is 2.30. The van der Waals surface area contributed by atoms with E-state index in [-0.39, 0.29) is 42.5 Å². The fourth-order valence-corrected chi connectivity index (χ4v) is 3.74. The van der Waals surface area contributed by atoms with Crippen LogP contribution in [0.5, 0.6) is 11.5 Å². The Morgan fingerprint density at radius 2 is 1.57 bits per heavy atom. The summed E-state index contributed by atoms with van der Waals surface area (Å²) < 4.78 is 11.2. The molecule has 1 saturated heterocycles. The van der Waals surface area contributed by atoms with Crippen molar-refractivity contribution in [2.45, 2.75) is 32.7 Å². The number of amides is 3. The van der Waals surface area contributed by atoms with E-state index in [2.05, 4.69) is 5.32 Å². The standard InChI is InChI=1S/C23H24N2O5/c1-14(2)22(16-5-8-18-19(13-16)30-12-11-29-18)24-23(28)15-3-6-17(7-4-15)25-20(26)9-10-21(25)27/h3-8,13-14,22H,9-12H2,1-2H3,(H,24,28). The smallest absolute Gasteiger partial charge is 0.251 e. The van der Waals surface area contributed by atoms with Crippen LogP contribution in [0.1, 0.15) is 48.7 Å². The largest absolute Gasteiger partial charge is 0.486 e. The van der Waals surface area contributed by atoms with Gasteiger partial charge in [0, 0.05) is 18.4 Å². The van der Waals surface area contributed by atoms with Gasteiger partial charge in [0.05, 0.1) is 11.7 Å². The summed E-state index contributed by atoms with van der Waals surface area (Å²) in [4.78, 5) is 37.8. The predicted octanol–water partition coefficient (Wildman–Crippen LogP) is 3.24. The van der Waals surface area contributed by atoms with Gasteiger partial charge in [-0.1, -0.05) is 19.9 Å². The Balaban J connectivity index is 1.51. The maximum Gasteiger partial charge on any atom is 0.251 e. The Morgan fingerprint density at radius 3 is 2.20 bits per heavy atom. The molecule has 2 aliphatic rings. The highest BCUT2D eigenvalue weighted by atomic mass is 16.6. The maximum atomic E-state index is 12.9. The van der Waals surface area contributed by atoms with E-state index < -0.39 is 0 Å². The highest BCUT2D eigenvalue weighted by Crippen LogP contribution is 2.34. The molecule has 4 rings (SSSR count). The quantitative estimate of drug-likeness (QED) is 0.768. The highest BCUT2D eigenvalue weighted by molar-refractivity contribution is 6.19. The lowest BCUT2D eigenvalue weighted by Gasteiger charge is -2.25. The number of hydrogen-bond acceptors (Lipinski definition) is 5. The zero-order chi connectivity index (χ0) is 21.3. The van der Waals surface area contributed by atoms with Crippen molar-refractivity contribution in [3.05, 3.63) is 53.6 Å². The van der Waals surface area contributed by atoms with Crippen LogP contribution in [0.2, 0.25) is 0 Å². The van der Waals surface area contributed by atoms with Crippen LogP contribution in [-0.2, 0) is 9.59 Å². The molecule has 2 aromatic rings. The van der Waals surface area contributed by atoms with Crippen molar-refractivity contribution in [2.75, 3.05) is 18.1 Å². The van der Waals surface area contributed by atoms with Gasteiger partial charge >= 0.3 is 0 Å². The Hall–Kier alpha value is -3.35. The van der Waals surface area contributed by atoms with Gasteiger partial charge in [0.1, 0.15) is 13.2 Å². The number of ether oxygens (including phenoxy) is 2. The molecular weight excluding hydrogens is 384 g/mol. The second-order valence-electron chi connectivity index (χ2n) is 7.77. The normalized spacial score (nSPS) is 16.7. The minimum atomic E-state index is -0.228. The first-order valence-corrected chi connectivity index (χ1v) is 10.1. The fraction of sp³-hybridized carbons (Fsp3) is 0.348. The number of imide groups is 1. The van der Waals surface area contributed by atoms with Gasteiger partial charge in [-0.15, -0.1) is 0 Å². The molecule has 0 bridgehead atoms. The van der Waals surface area contributed by atoms with Crippen molar-refractivity contribution in [3.8, 4) is 11.5 Å². The number of anilines is 1.